The number of rotatable bonds is 5. The first kappa shape index (κ1) is 17.0. The molecule has 0 aliphatic carbocycles. The van der Waals surface area contributed by atoms with Crippen LogP contribution >= 0.6 is 11.3 Å². The molecule has 128 valence electrons. The van der Waals surface area contributed by atoms with Crippen molar-refractivity contribution in [1.29, 1.82) is 0 Å². The number of aromatic nitrogens is 1. The summed E-state index contributed by atoms with van der Waals surface area (Å²) >= 11 is 0.656. The molecule has 0 bridgehead atoms. The van der Waals surface area contributed by atoms with E-state index in [1.54, 1.807) is 18.2 Å². The van der Waals surface area contributed by atoms with Crippen LogP contribution in [0.15, 0.2) is 53.6 Å². The second-order valence-electron chi connectivity index (χ2n) is 5.08. The van der Waals surface area contributed by atoms with Crippen LogP contribution in [0.5, 0.6) is 0 Å². The zero-order valence-corrected chi connectivity index (χ0v) is 14.2. The fourth-order valence-electron chi connectivity index (χ4n) is 2.18. The molecular formula is C15H11N3O5S2. The summed E-state index contributed by atoms with van der Waals surface area (Å²) in [4.78, 5) is 25.6. The normalized spacial score (nSPS) is 11.4. The van der Waals surface area contributed by atoms with Gasteiger partial charge >= 0.3 is 5.00 Å². The van der Waals surface area contributed by atoms with Crippen molar-refractivity contribution in [2.45, 2.75) is 4.90 Å². The lowest BCUT2D eigenvalue weighted by molar-refractivity contribution is -0.380. The van der Waals surface area contributed by atoms with Crippen LogP contribution in [-0.2, 0) is 14.6 Å². The SMILES string of the molecule is O=C(CS(=O)(=O)c1ccc2ccccc2c1)Nc1ncc([N+](=O)[O-])s1. The van der Waals surface area contributed by atoms with Gasteiger partial charge in [-0.2, -0.15) is 0 Å². The number of nitrogens with zero attached hydrogens (tertiary/aromatic N) is 2. The summed E-state index contributed by atoms with van der Waals surface area (Å²) in [6.07, 6.45) is 0.998. The second kappa shape index (κ2) is 6.57. The summed E-state index contributed by atoms with van der Waals surface area (Å²) in [6.45, 7) is 0. The highest BCUT2D eigenvalue weighted by Gasteiger charge is 2.21. The lowest BCUT2D eigenvalue weighted by atomic mass is 10.1. The number of nitrogens with one attached hydrogen (secondary N) is 1. The van der Waals surface area contributed by atoms with Crippen molar-refractivity contribution in [1.82, 2.24) is 4.98 Å². The molecule has 1 heterocycles. The molecule has 0 saturated carbocycles. The van der Waals surface area contributed by atoms with Gasteiger partial charge in [-0.25, -0.2) is 13.4 Å². The number of anilines is 1. The lowest BCUT2D eigenvalue weighted by Crippen LogP contribution is -2.22. The van der Waals surface area contributed by atoms with E-state index in [1.165, 1.54) is 12.1 Å². The van der Waals surface area contributed by atoms with E-state index in [9.17, 15) is 23.3 Å². The maximum atomic E-state index is 12.4. The van der Waals surface area contributed by atoms with Crippen molar-refractivity contribution < 1.29 is 18.1 Å². The predicted molar refractivity (Wildman–Crippen MR) is 93.4 cm³/mol. The molecule has 1 amide bonds. The molecule has 25 heavy (non-hydrogen) atoms. The molecule has 0 atom stereocenters. The molecule has 3 rings (SSSR count). The van der Waals surface area contributed by atoms with Gasteiger partial charge in [-0.3, -0.25) is 14.9 Å². The molecule has 0 saturated heterocycles. The van der Waals surface area contributed by atoms with Gasteiger partial charge in [0, 0.05) is 0 Å². The summed E-state index contributed by atoms with van der Waals surface area (Å²) in [5, 5.41) is 14.2. The van der Waals surface area contributed by atoms with Gasteiger partial charge in [0.2, 0.25) is 5.91 Å². The summed E-state index contributed by atoms with van der Waals surface area (Å²) < 4.78 is 24.8. The average Bonchev–Trinajstić information content (AvgIpc) is 3.02. The summed E-state index contributed by atoms with van der Waals surface area (Å²) in [5.74, 6) is -1.59. The van der Waals surface area contributed by atoms with Crippen LogP contribution in [-0.4, -0.2) is 30.0 Å². The monoisotopic (exact) mass is 377 g/mol. The van der Waals surface area contributed by atoms with Gasteiger partial charge in [0.05, 0.1) is 9.82 Å². The molecule has 0 radical (unpaired) electrons. The highest BCUT2D eigenvalue weighted by molar-refractivity contribution is 7.92. The summed E-state index contributed by atoms with van der Waals surface area (Å²) in [7, 11) is -3.85. The van der Waals surface area contributed by atoms with Gasteiger partial charge in [-0.15, -0.1) is 0 Å². The highest BCUT2D eigenvalue weighted by atomic mass is 32.2. The van der Waals surface area contributed by atoms with E-state index in [2.05, 4.69) is 10.3 Å². The fourth-order valence-corrected chi connectivity index (χ4v) is 3.99. The molecule has 10 heteroatoms. The predicted octanol–water partition coefficient (Wildman–Crippen LogP) is 2.62. The van der Waals surface area contributed by atoms with Crippen molar-refractivity contribution in [3.8, 4) is 0 Å². The van der Waals surface area contributed by atoms with Crippen LogP contribution in [0, 0.1) is 10.1 Å². The number of benzene rings is 2. The first-order valence-corrected chi connectivity index (χ1v) is 9.44. The topological polar surface area (TPSA) is 119 Å². The van der Waals surface area contributed by atoms with E-state index < -0.39 is 26.4 Å². The maximum Gasteiger partial charge on any atom is 0.345 e. The number of nitro groups is 1. The number of hydrogen-bond acceptors (Lipinski definition) is 7. The van der Waals surface area contributed by atoms with Crippen molar-refractivity contribution in [3.05, 3.63) is 58.8 Å². The standard InChI is InChI=1S/C15H11N3O5S2/c19-13(17-15-16-8-14(24-15)18(20)21)9-25(22,23)12-6-5-10-3-1-2-4-11(10)7-12/h1-8H,9H2,(H,16,17,19). The van der Waals surface area contributed by atoms with Crippen molar-refractivity contribution in [2.75, 3.05) is 11.1 Å². The minimum absolute atomic E-state index is 0.0228. The van der Waals surface area contributed by atoms with Gasteiger partial charge in [0.25, 0.3) is 0 Å². The van der Waals surface area contributed by atoms with Crippen LogP contribution < -0.4 is 5.32 Å². The molecule has 2 aromatic carbocycles. The summed E-state index contributed by atoms with van der Waals surface area (Å²) in [6, 6.07) is 11.9. The van der Waals surface area contributed by atoms with E-state index in [0.29, 0.717) is 11.3 Å². The Hall–Kier alpha value is -2.85. The number of hydrogen-bond donors (Lipinski definition) is 1. The molecule has 1 aromatic heterocycles. The molecule has 0 unspecified atom stereocenters. The van der Waals surface area contributed by atoms with E-state index in [-0.39, 0.29) is 15.0 Å². The quantitative estimate of drug-likeness (QED) is 0.539. The number of thiazole rings is 1. The van der Waals surface area contributed by atoms with E-state index >= 15 is 0 Å². The van der Waals surface area contributed by atoms with Crippen LogP contribution in [0.4, 0.5) is 10.1 Å². The Morgan fingerprint density at radius 1 is 1.20 bits per heavy atom. The first-order valence-electron chi connectivity index (χ1n) is 6.97. The fraction of sp³-hybridized carbons (Fsp3) is 0.0667. The largest absolute Gasteiger partial charge is 0.345 e. The van der Waals surface area contributed by atoms with Crippen LogP contribution in [0.25, 0.3) is 10.8 Å². The first-order chi connectivity index (χ1) is 11.8. The molecular weight excluding hydrogens is 366 g/mol. The van der Waals surface area contributed by atoms with Gasteiger partial charge in [0.15, 0.2) is 15.0 Å². The van der Waals surface area contributed by atoms with Crippen molar-refractivity contribution in [2.24, 2.45) is 0 Å². The lowest BCUT2D eigenvalue weighted by Gasteiger charge is -2.06. The Morgan fingerprint density at radius 2 is 1.92 bits per heavy atom. The number of amides is 1. The zero-order chi connectivity index (χ0) is 18.0. The average molecular weight is 377 g/mol. The van der Waals surface area contributed by atoms with E-state index in [1.807, 2.05) is 12.1 Å². The van der Waals surface area contributed by atoms with Gasteiger partial charge in [0.1, 0.15) is 11.9 Å². The molecule has 0 aliphatic rings. The number of carbonyl (C=O) groups is 1. The minimum Gasteiger partial charge on any atom is -0.301 e. The molecule has 3 aromatic rings. The second-order valence-corrected chi connectivity index (χ2v) is 8.08. The molecule has 8 nitrogen and oxygen atoms in total. The third-order valence-corrected chi connectivity index (χ3v) is 5.80. The zero-order valence-electron chi connectivity index (χ0n) is 12.6. The Balaban J connectivity index is 1.77. The third-order valence-electron chi connectivity index (χ3n) is 3.32. The molecule has 0 spiro atoms. The minimum atomic E-state index is -3.85. The smallest absolute Gasteiger partial charge is 0.301 e. The Kier molecular flexibility index (Phi) is 4.47. The number of fused-ring (bicyclic) bond motifs is 1. The van der Waals surface area contributed by atoms with E-state index in [0.717, 1.165) is 17.0 Å². The maximum absolute atomic E-state index is 12.4. The Morgan fingerprint density at radius 3 is 2.60 bits per heavy atom. The molecule has 1 N–H and O–H groups in total. The molecule has 0 aliphatic heterocycles. The van der Waals surface area contributed by atoms with Crippen molar-refractivity contribution in [3.63, 3.8) is 0 Å². The van der Waals surface area contributed by atoms with Crippen LogP contribution in [0.1, 0.15) is 0 Å². The summed E-state index contributed by atoms with van der Waals surface area (Å²) in [5.41, 5.74) is 0. The number of carbonyl (C=O) groups excluding carboxylic acids is 1. The third kappa shape index (κ3) is 3.80. The van der Waals surface area contributed by atoms with Gasteiger partial charge in [-0.1, -0.05) is 30.3 Å². The van der Waals surface area contributed by atoms with Gasteiger partial charge in [-0.05, 0) is 34.2 Å². The van der Waals surface area contributed by atoms with Crippen LogP contribution in [0.3, 0.4) is 0 Å². The molecule has 0 fully saturated rings. The van der Waals surface area contributed by atoms with Gasteiger partial charge < -0.3 is 5.32 Å². The highest BCUT2D eigenvalue weighted by Crippen LogP contribution is 2.25. The van der Waals surface area contributed by atoms with E-state index in [4.69, 9.17) is 0 Å². The van der Waals surface area contributed by atoms with Crippen molar-refractivity contribution >= 4 is 48.0 Å². The Bertz CT molecular complexity index is 1080. The van der Waals surface area contributed by atoms with Crippen LogP contribution in [0.2, 0.25) is 0 Å². The Labute approximate surface area is 146 Å². The number of sulfone groups is 1.